The first kappa shape index (κ1) is 17.7. The molecule has 1 aliphatic carbocycles. The molecule has 0 radical (unpaired) electrons. The van der Waals surface area contributed by atoms with E-state index in [1.165, 1.54) is 0 Å². The highest BCUT2D eigenvalue weighted by Gasteiger charge is 2.32. The molecule has 0 aromatic heterocycles. The van der Waals surface area contributed by atoms with Gasteiger partial charge in [0.15, 0.2) is 0 Å². The number of carbonyl (C=O) groups excluding carboxylic acids is 1. The number of halogens is 1. The molecule has 3 rings (SSSR count). The summed E-state index contributed by atoms with van der Waals surface area (Å²) < 4.78 is 18.5. The van der Waals surface area contributed by atoms with Crippen molar-refractivity contribution in [2.24, 2.45) is 0 Å². The Bertz CT molecular complexity index is 794. The quantitative estimate of drug-likeness (QED) is 0.607. The van der Waals surface area contributed by atoms with Crippen LogP contribution in [0.3, 0.4) is 0 Å². The number of hydrogen-bond donors (Lipinski definition) is 2. The van der Waals surface area contributed by atoms with Crippen LogP contribution in [-0.4, -0.2) is 23.1 Å². The monoisotopic (exact) mass is 359 g/mol. The third-order valence-electron chi connectivity index (χ3n) is 4.19. The Morgan fingerprint density at radius 3 is 2.62 bits per heavy atom. The van der Waals surface area contributed by atoms with Crippen LogP contribution in [0.1, 0.15) is 18.4 Å². The average molecular weight is 359 g/mol. The van der Waals surface area contributed by atoms with Crippen molar-refractivity contribution in [1.29, 1.82) is 0 Å². The summed E-state index contributed by atoms with van der Waals surface area (Å²) in [5, 5.41) is 16.7. The Hall–Kier alpha value is -3.16. The summed E-state index contributed by atoms with van der Waals surface area (Å²) in [7, 11) is 0. The number of nitrogens with zero attached hydrogens (tertiary/aromatic N) is 1. The SMILES string of the molecule is O=C(NC1CC(Nc2cc(F)ccc2[N+](=O)[O-])C1)OCc1ccccc1. The van der Waals surface area contributed by atoms with Crippen LogP contribution in [-0.2, 0) is 11.3 Å². The van der Waals surface area contributed by atoms with Crippen molar-refractivity contribution in [2.45, 2.75) is 31.5 Å². The van der Waals surface area contributed by atoms with E-state index < -0.39 is 16.8 Å². The molecule has 26 heavy (non-hydrogen) atoms. The fraction of sp³-hybridized carbons (Fsp3) is 0.278. The van der Waals surface area contributed by atoms with Crippen LogP contribution in [0.25, 0.3) is 0 Å². The minimum absolute atomic E-state index is 0.0741. The Kier molecular flexibility index (Phi) is 5.31. The number of anilines is 1. The van der Waals surface area contributed by atoms with Crippen LogP contribution >= 0.6 is 0 Å². The second-order valence-electron chi connectivity index (χ2n) is 6.13. The lowest BCUT2D eigenvalue weighted by Gasteiger charge is -2.36. The molecule has 1 aliphatic rings. The van der Waals surface area contributed by atoms with Gasteiger partial charge in [0.05, 0.1) is 4.92 Å². The molecular formula is C18H18FN3O4. The van der Waals surface area contributed by atoms with Crippen molar-refractivity contribution in [2.75, 3.05) is 5.32 Å². The molecule has 0 atom stereocenters. The molecule has 0 spiro atoms. The van der Waals surface area contributed by atoms with Gasteiger partial charge in [0, 0.05) is 24.2 Å². The number of rotatable bonds is 6. The maximum atomic E-state index is 13.3. The normalized spacial score (nSPS) is 18.5. The lowest BCUT2D eigenvalue weighted by molar-refractivity contribution is -0.384. The van der Waals surface area contributed by atoms with E-state index in [0.29, 0.717) is 12.8 Å². The number of hydrogen-bond acceptors (Lipinski definition) is 5. The van der Waals surface area contributed by atoms with Gasteiger partial charge in [0.25, 0.3) is 5.69 Å². The molecule has 1 saturated carbocycles. The fourth-order valence-corrected chi connectivity index (χ4v) is 2.79. The third-order valence-corrected chi connectivity index (χ3v) is 4.19. The Morgan fingerprint density at radius 1 is 1.19 bits per heavy atom. The Balaban J connectivity index is 1.44. The number of nitro groups is 1. The lowest BCUT2D eigenvalue weighted by atomic mass is 9.86. The minimum atomic E-state index is -0.558. The van der Waals surface area contributed by atoms with E-state index in [1.54, 1.807) is 0 Å². The predicted molar refractivity (Wildman–Crippen MR) is 93.2 cm³/mol. The second kappa shape index (κ2) is 7.81. The van der Waals surface area contributed by atoms with Crippen LogP contribution < -0.4 is 10.6 Å². The average Bonchev–Trinajstić information content (AvgIpc) is 2.59. The van der Waals surface area contributed by atoms with E-state index in [2.05, 4.69) is 10.6 Å². The summed E-state index contributed by atoms with van der Waals surface area (Å²) in [6, 6.07) is 12.5. The maximum absolute atomic E-state index is 13.3. The van der Waals surface area contributed by atoms with Gasteiger partial charge in [-0.1, -0.05) is 30.3 Å². The van der Waals surface area contributed by atoms with Crippen LogP contribution in [0.2, 0.25) is 0 Å². The minimum Gasteiger partial charge on any atom is -0.445 e. The zero-order chi connectivity index (χ0) is 18.5. The highest BCUT2D eigenvalue weighted by Crippen LogP contribution is 2.30. The summed E-state index contributed by atoms with van der Waals surface area (Å²) in [6.45, 7) is 0.191. The number of nitrogens with one attached hydrogen (secondary N) is 2. The Labute approximate surface area is 149 Å². The van der Waals surface area contributed by atoms with Crippen LogP contribution in [0.4, 0.5) is 20.6 Å². The summed E-state index contributed by atoms with van der Waals surface area (Å²) in [6.07, 6.45) is 0.649. The molecule has 2 aromatic carbocycles. The second-order valence-corrected chi connectivity index (χ2v) is 6.13. The van der Waals surface area contributed by atoms with Crippen molar-refractivity contribution >= 4 is 17.5 Å². The number of benzene rings is 2. The van der Waals surface area contributed by atoms with Gasteiger partial charge >= 0.3 is 6.09 Å². The van der Waals surface area contributed by atoms with Crippen LogP contribution in [0.5, 0.6) is 0 Å². The summed E-state index contributed by atoms with van der Waals surface area (Å²) in [4.78, 5) is 22.2. The fourth-order valence-electron chi connectivity index (χ4n) is 2.79. The third kappa shape index (κ3) is 4.47. The number of amides is 1. The van der Waals surface area contributed by atoms with Crippen molar-refractivity contribution in [3.8, 4) is 0 Å². The van der Waals surface area contributed by atoms with Crippen LogP contribution in [0.15, 0.2) is 48.5 Å². The molecule has 0 bridgehead atoms. The zero-order valence-corrected chi connectivity index (χ0v) is 13.9. The van der Waals surface area contributed by atoms with Crippen molar-refractivity contribution in [3.05, 3.63) is 70.0 Å². The predicted octanol–water partition coefficient (Wildman–Crippen LogP) is 3.60. The van der Waals surface area contributed by atoms with E-state index in [-0.39, 0.29) is 30.1 Å². The van der Waals surface area contributed by atoms with Gasteiger partial charge in [-0.25, -0.2) is 9.18 Å². The highest BCUT2D eigenvalue weighted by atomic mass is 19.1. The first-order chi connectivity index (χ1) is 12.5. The summed E-state index contributed by atoms with van der Waals surface area (Å²) in [5.41, 5.74) is 0.865. The molecule has 1 fully saturated rings. The number of nitro benzene ring substituents is 1. The topological polar surface area (TPSA) is 93.5 Å². The van der Waals surface area contributed by atoms with Gasteiger partial charge in [-0.15, -0.1) is 0 Å². The molecule has 1 amide bonds. The van der Waals surface area contributed by atoms with E-state index >= 15 is 0 Å². The van der Waals surface area contributed by atoms with E-state index in [9.17, 15) is 19.3 Å². The van der Waals surface area contributed by atoms with Gasteiger partial charge in [0.2, 0.25) is 0 Å². The first-order valence-electron chi connectivity index (χ1n) is 8.19. The van der Waals surface area contributed by atoms with Gasteiger partial charge in [-0.3, -0.25) is 10.1 Å². The zero-order valence-electron chi connectivity index (χ0n) is 13.9. The largest absolute Gasteiger partial charge is 0.445 e. The molecule has 8 heteroatoms. The molecule has 7 nitrogen and oxygen atoms in total. The van der Waals surface area contributed by atoms with Crippen molar-refractivity contribution in [3.63, 3.8) is 0 Å². The van der Waals surface area contributed by atoms with E-state index in [1.807, 2.05) is 30.3 Å². The highest BCUT2D eigenvalue weighted by molar-refractivity contribution is 5.68. The van der Waals surface area contributed by atoms with E-state index in [4.69, 9.17) is 4.74 Å². The molecule has 2 aromatic rings. The Morgan fingerprint density at radius 2 is 1.92 bits per heavy atom. The smallest absolute Gasteiger partial charge is 0.407 e. The van der Waals surface area contributed by atoms with Gasteiger partial charge in [-0.05, 0) is 24.5 Å². The molecule has 2 N–H and O–H groups in total. The molecular weight excluding hydrogens is 341 g/mol. The van der Waals surface area contributed by atoms with Crippen LogP contribution in [0, 0.1) is 15.9 Å². The standard InChI is InChI=1S/C18H18FN3O4/c19-13-6-7-17(22(24)25)16(8-13)20-14-9-15(10-14)21-18(23)26-11-12-4-2-1-3-5-12/h1-8,14-15,20H,9-11H2,(H,21,23). The molecule has 0 heterocycles. The van der Waals surface area contributed by atoms with Gasteiger partial charge < -0.3 is 15.4 Å². The molecule has 0 aliphatic heterocycles. The number of ether oxygens (including phenoxy) is 1. The number of alkyl carbamates (subject to hydrolysis) is 1. The maximum Gasteiger partial charge on any atom is 0.407 e. The molecule has 0 saturated heterocycles. The van der Waals surface area contributed by atoms with Crippen molar-refractivity contribution < 1.29 is 18.8 Å². The summed E-state index contributed by atoms with van der Waals surface area (Å²) in [5.74, 6) is -0.545. The van der Waals surface area contributed by atoms with Gasteiger partial charge in [-0.2, -0.15) is 0 Å². The van der Waals surface area contributed by atoms with E-state index in [0.717, 1.165) is 23.8 Å². The summed E-state index contributed by atoms with van der Waals surface area (Å²) >= 11 is 0. The van der Waals surface area contributed by atoms with Gasteiger partial charge in [0.1, 0.15) is 18.1 Å². The molecule has 136 valence electrons. The molecule has 0 unspecified atom stereocenters. The van der Waals surface area contributed by atoms with Crippen molar-refractivity contribution in [1.82, 2.24) is 5.32 Å². The number of carbonyl (C=O) groups is 1. The first-order valence-corrected chi connectivity index (χ1v) is 8.19. The lowest BCUT2D eigenvalue weighted by Crippen LogP contribution is -2.49.